The third-order valence-electron chi connectivity index (χ3n) is 4.76. The molecule has 0 radical (unpaired) electrons. The molecule has 1 unspecified atom stereocenters. The molecule has 1 aromatic rings. The fraction of sp³-hybridized carbons (Fsp3) is 0.632. The first-order chi connectivity index (χ1) is 11.5. The number of rotatable bonds is 8. The van der Waals surface area contributed by atoms with Gasteiger partial charge in [-0.3, -0.25) is 0 Å². The van der Waals surface area contributed by atoms with Crippen LogP contribution in [0.15, 0.2) is 12.1 Å². The normalized spacial score (nSPS) is 16.7. The molecule has 0 aromatic heterocycles. The minimum absolute atomic E-state index is 0.0253. The average molecular weight is 372 g/mol. The predicted octanol–water partition coefficient (Wildman–Crippen LogP) is 6.54. The Bertz CT molecular complexity index is 557. The van der Waals surface area contributed by atoms with Gasteiger partial charge in [0.25, 0.3) is 0 Å². The monoisotopic (exact) mass is 371 g/mol. The van der Waals surface area contributed by atoms with Crippen molar-refractivity contribution in [1.82, 2.24) is 0 Å². The number of hydrogen-bond donors (Lipinski definition) is 1. The molecule has 0 aliphatic heterocycles. The Labute approximate surface area is 155 Å². The number of halogens is 2. The number of ether oxygens (including phenoxy) is 2. The van der Waals surface area contributed by atoms with Crippen molar-refractivity contribution in [2.75, 3.05) is 7.11 Å². The molecular formula is C19H27Cl2NO2. The highest BCUT2D eigenvalue weighted by Gasteiger charge is 2.20. The van der Waals surface area contributed by atoms with E-state index in [9.17, 15) is 0 Å². The summed E-state index contributed by atoms with van der Waals surface area (Å²) in [5.41, 5.74) is 0.882. The van der Waals surface area contributed by atoms with Gasteiger partial charge in [-0.05, 0) is 44.1 Å². The molecule has 5 heteroatoms. The van der Waals surface area contributed by atoms with Crippen LogP contribution in [0.2, 0.25) is 10.0 Å². The molecule has 1 saturated carbocycles. The number of methoxy groups -OCH3 is 1. The lowest BCUT2D eigenvalue weighted by atomic mass is 9.84. The highest BCUT2D eigenvalue weighted by Crippen LogP contribution is 2.39. The Kier molecular flexibility index (Phi) is 7.70. The Balaban J connectivity index is 1.95. The van der Waals surface area contributed by atoms with Gasteiger partial charge in [-0.15, -0.1) is 0 Å². The molecule has 0 heterocycles. The highest BCUT2D eigenvalue weighted by molar-refractivity contribution is 6.35. The summed E-state index contributed by atoms with van der Waals surface area (Å²) < 4.78 is 11.4. The molecule has 1 N–H and O–H groups in total. The van der Waals surface area contributed by atoms with Gasteiger partial charge in [-0.1, -0.05) is 49.4 Å². The van der Waals surface area contributed by atoms with Crippen molar-refractivity contribution < 1.29 is 9.47 Å². The molecule has 0 bridgehead atoms. The Hall–Kier alpha value is -0.930. The first kappa shape index (κ1) is 19.4. The van der Waals surface area contributed by atoms with Crippen LogP contribution in [-0.4, -0.2) is 18.9 Å². The number of benzene rings is 1. The zero-order valence-corrected chi connectivity index (χ0v) is 16.1. The molecule has 0 spiro atoms. The molecule has 1 aromatic carbocycles. The van der Waals surface area contributed by atoms with Crippen molar-refractivity contribution in [1.29, 1.82) is 5.41 Å². The van der Waals surface area contributed by atoms with Gasteiger partial charge < -0.3 is 14.9 Å². The number of hydrogen-bond acceptors (Lipinski definition) is 3. The van der Waals surface area contributed by atoms with E-state index >= 15 is 0 Å². The fourth-order valence-electron chi connectivity index (χ4n) is 3.32. The van der Waals surface area contributed by atoms with Crippen molar-refractivity contribution in [3.8, 4) is 11.5 Å². The molecule has 24 heavy (non-hydrogen) atoms. The van der Waals surface area contributed by atoms with Crippen LogP contribution in [-0.2, 0) is 0 Å². The van der Waals surface area contributed by atoms with E-state index in [1.54, 1.807) is 19.2 Å². The van der Waals surface area contributed by atoms with Crippen LogP contribution in [0.3, 0.4) is 0 Å². The van der Waals surface area contributed by atoms with Gasteiger partial charge in [-0.2, -0.15) is 0 Å². The number of nitrogens with one attached hydrogen (secondary N) is 1. The minimum Gasteiger partial charge on any atom is -0.491 e. The van der Waals surface area contributed by atoms with Gasteiger partial charge in [-0.25, -0.2) is 0 Å². The van der Waals surface area contributed by atoms with E-state index in [4.69, 9.17) is 38.1 Å². The smallest absolute Gasteiger partial charge is 0.179 e. The standard InChI is InChI=1S/C19H27Cl2NO2/c1-3-15(9-10-17(22)13-7-5-4-6-8-13)24-18-12-14(20)11-16(21)19(18)23-2/h11-13,15,22H,3-10H2,1-2H3. The van der Waals surface area contributed by atoms with Gasteiger partial charge in [0, 0.05) is 16.8 Å². The molecule has 1 aliphatic rings. The molecular weight excluding hydrogens is 345 g/mol. The molecule has 3 nitrogen and oxygen atoms in total. The molecule has 1 aliphatic carbocycles. The quantitative estimate of drug-likeness (QED) is 0.527. The van der Waals surface area contributed by atoms with Gasteiger partial charge in [0.15, 0.2) is 11.5 Å². The Morgan fingerprint density at radius 2 is 1.96 bits per heavy atom. The largest absolute Gasteiger partial charge is 0.491 e. The predicted molar refractivity (Wildman–Crippen MR) is 101 cm³/mol. The zero-order chi connectivity index (χ0) is 17.5. The van der Waals surface area contributed by atoms with Crippen molar-refractivity contribution in [2.24, 2.45) is 5.92 Å². The zero-order valence-electron chi connectivity index (χ0n) is 14.5. The molecule has 0 amide bonds. The van der Waals surface area contributed by atoms with Crippen molar-refractivity contribution >= 4 is 28.9 Å². The molecule has 134 valence electrons. The summed E-state index contributed by atoms with van der Waals surface area (Å²) in [5, 5.41) is 9.33. The second-order valence-electron chi connectivity index (χ2n) is 6.47. The Morgan fingerprint density at radius 3 is 2.58 bits per heavy atom. The van der Waals surface area contributed by atoms with Crippen molar-refractivity contribution in [3.63, 3.8) is 0 Å². The van der Waals surface area contributed by atoms with Crippen LogP contribution in [0.5, 0.6) is 11.5 Å². The van der Waals surface area contributed by atoms with Gasteiger partial charge >= 0.3 is 0 Å². The Morgan fingerprint density at radius 1 is 1.25 bits per heavy atom. The summed E-state index contributed by atoms with van der Waals surface area (Å²) in [6.45, 7) is 2.09. The second-order valence-corrected chi connectivity index (χ2v) is 7.31. The van der Waals surface area contributed by atoms with E-state index < -0.39 is 0 Å². The van der Waals surface area contributed by atoms with Crippen molar-refractivity contribution in [3.05, 3.63) is 22.2 Å². The average Bonchev–Trinajstić information content (AvgIpc) is 2.58. The second kappa shape index (κ2) is 9.53. The van der Waals surface area contributed by atoms with Gasteiger partial charge in [0.2, 0.25) is 0 Å². The summed E-state index contributed by atoms with van der Waals surface area (Å²) in [5.74, 6) is 1.57. The fourth-order valence-corrected chi connectivity index (χ4v) is 3.87. The van der Waals surface area contributed by atoms with Gasteiger partial charge in [0.1, 0.15) is 0 Å². The highest BCUT2D eigenvalue weighted by atomic mass is 35.5. The maximum atomic E-state index is 8.36. The maximum Gasteiger partial charge on any atom is 0.179 e. The van der Waals surface area contributed by atoms with Crippen LogP contribution in [0.1, 0.15) is 58.3 Å². The van der Waals surface area contributed by atoms with Crippen LogP contribution >= 0.6 is 23.2 Å². The van der Waals surface area contributed by atoms with Crippen LogP contribution in [0, 0.1) is 11.3 Å². The van der Waals surface area contributed by atoms with Crippen LogP contribution in [0.25, 0.3) is 0 Å². The molecule has 1 fully saturated rings. The first-order valence-electron chi connectivity index (χ1n) is 8.82. The van der Waals surface area contributed by atoms with E-state index in [1.165, 1.54) is 32.1 Å². The van der Waals surface area contributed by atoms with Crippen LogP contribution in [0.4, 0.5) is 0 Å². The first-order valence-corrected chi connectivity index (χ1v) is 9.57. The summed E-state index contributed by atoms with van der Waals surface area (Å²) in [6, 6.07) is 3.38. The lowest BCUT2D eigenvalue weighted by molar-refractivity contribution is 0.181. The van der Waals surface area contributed by atoms with Gasteiger partial charge in [0.05, 0.1) is 18.2 Å². The van der Waals surface area contributed by atoms with E-state index in [-0.39, 0.29) is 6.10 Å². The van der Waals surface area contributed by atoms with E-state index in [0.29, 0.717) is 27.5 Å². The van der Waals surface area contributed by atoms with E-state index in [1.807, 2.05) is 0 Å². The SMILES string of the molecule is CCC(CCC(=N)C1CCCCC1)Oc1cc(Cl)cc(Cl)c1OC. The third kappa shape index (κ3) is 5.29. The summed E-state index contributed by atoms with van der Waals surface area (Å²) >= 11 is 12.2. The van der Waals surface area contributed by atoms with Crippen LogP contribution < -0.4 is 9.47 Å². The van der Waals surface area contributed by atoms with E-state index in [2.05, 4.69) is 6.92 Å². The third-order valence-corrected chi connectivity index (χ3v) is 5.26. The lowest BCUT2D eigenvalue weighted by Crippen LogP contribution is -2.21. The summed E-state index contributed by atoms with van der Waals surface area (Å²) in [7, 11) is 1.57. The maximum absolute atomic E-state index is 8.36. The molecule has 2 rings (SSSR count). The summed E-state index contributed by atoms with van der Waals surface area (Å²) in [4.78, 5) is 0. The van der Waals surface area contributed by atoms with E-state index in [0.717, 1.165) is 25.0 Å². The lowest BCUT2D eigenvalue weighted by Gasteiger charge is -2.24. The minimum atomic E-state index is 0.0253. The molecule has 0 saturated heterocycles. The summed E-state index contributed by atoms with van der Waals surface area (Å²) in [6.07, 6.45) is 8.71. The van der Waals surface area contributed by atoms with Crippen molar-refractivity contribution in [2.45, 2.75) is 64.4 Å². The topological polar surface area (TPSA) is 42.3 Å². The molecule has 1 atom stereocenters.